The maximum Gasteiger partial charge on any atom is 0.210 e. The highest BCUT2D eigenvalue weighted by molar-refractivity contribution is 7.15. The van der Waals surface area contributed by atoms with Crippen LogP contribution in [0.15, 0.2) is 67.3 Å². The Bertz CT molecular complexity index is 772. The molecule has 2 N–H and O–H groups in total. The fourth-order valence-corrected chi connectivity index (χ4v) is 2.61. The van der Waals surface area contributed by atoms with Crippen LogP contribution >= 0.6 is 11.3 Å². The predicted molar refractivity (Wildman–Crippen MR) is 91.3 cm³/mol. The van der Waals surface area contributed by atoms with E-state index in [-0.39, 0.29) is 0 Å². The van der Waals surface area contributed by atoms with Gasteiger partial charge in [0.2, 0.25) is 5.13 Å². The first kappa shape index (κ1) is 15.2. The molecular weight excluding hydrogens is 310 g/mol. The van der Waals surface area contributed by atoms with Crippen molar-refractivity contribution >= 4 is 22.2 Å². The third-order valence-corrected chi connectivity index (χ3v) is 3.91. The third-order valence-electron chi connectivity index (χ3n) is 3.00. The number of benzene rings is 2. The molecule has 2 aromatic carbocycles. The summed E-state index contributed by atoms with van der Waals surface area (Å²) in [7, 11) is 0. The Kier molecular flexibility index (Phi) is 4.65. The minimum absolute atomic E-state index is 0.506. The van der Waals surface area contributed by atoms with Crippen LogP contribution in [0.25, 0.3) is 0 Å². The summed E-state index contributed by atoms with van der Waals surface area (Å²) >= 11 is 1.28. The molecule has 1 heterocycles. The van der Waals surface area contributed by atoms with Gasteiger partial charge in [0.05, 0.1) is 0 Å². The van der Waals surface area contributed by atoms with Gasteiger partial charge in [0.15, 0.2) is 5.01 Å². The Morgan fingerprint density at radius 3 is 2.43 bits per heavy atom. The zero-order valence-corrected chi connectivity index (χ0v) is 13.0. The van der Waals surface area contributed by atoms with Crippen molar-refractivity contribution in [1.29, 1.82) is 0 Å². The summed E-state index contributed by atoms with van der Waals surface area (Å²) < 4.78 is 5.74. The van der Waals surface area contributed by atoms with Crippen LogP contribution in [0.2, 0.25) is 0 Å². The second kappa shape index (κ2) is 7.04. The summed E-state index contributed by atoms with van der Waals surface area (Å²) in [5.41, 5.74) is 0.862. The Labute approximate surface area is 137 Å². The van der Waals surface area contributed by atoms with Gasteiger partial charge in [-0.1, -0.05) is 35.6 Å². The molecule has 6 heteroatoms. The van der Waals surface area contributed by atoms with E-state index in [1.54, 1.807) is 0 Å². The van der Waals surface area contributed by atoms with Crippen LogP contribution in [0.5, 0.6) is 11.5 Å². The number of aliphatic hydroxyl groups is 1. The number of para-hydroxylation sites is 1. The molecule has 23 heavy (non-hydrogen) atoms. The Morgan fingerprint density at radius 1 is 1.04 bits per heavy atom. The molecular formula is C17H15N3O2S. The fourth-order valence-electron chi connectivity index (χ4n) is 1.86. The van der Waals surface area contributed by atoms with Crippen LogP contribution < -0.4 is 10.1 Å². The summed E-state index contributed by atoms with van der Waals surface area (Å²) in [4.78, 5) is 0. The van der Waals surface area contributed by atoms with Crippen molar-refractivity contribution in [2.45, 2.75) is 6.10 Å². The lowest BCUT2D eigenvalue weighted by Gasteiger charge is -2.07. The van der Waals surface area contributed by atoms with E-state index in [9.17, 15) is 5.11 Å². The number of hydrogen-bond donors (Lipinski definition) is 2. The van der Waals surface area contributed by atoms with Crippen molar-refractivity contribution in [3.63, 3.8) is 0 Å². The molecule has 0 aliphatic heterocycles. The van der Waals surface area contributed by atoms with Crippen molar-refractivity contribution < 1.29 is 9.84 Å². The lowest BCUT2D eigenvalue weighted by Crippen LogP contribution is -1.90. The molecule has 1 aromatic heterocycles. The van der Waals surface area contributed by atoms with Gasteiger partial charge in [-0.05, 0) is 36.4 Å². The zero-order chi connectivity index (χ0) is 16.1. The van der Waals surface area contributed by atoms with Gasteiger partial charge < -0.3 is 15.2 Å². The van der Waals surface area contributed by atoms with E-state index in [0.717, 1.165) is 17.2 Å². The van der Waals surface area contributed by atoms with Crippen LogP contribution in [-0.2, 0) is 0 Å². The Balaban J connectivity index is 1.65. The van der Waals surface area contributed by atoms with E-state index < -0.39 is 6.10 Å². The van der Waals surface area contributed by atoms with Gasteiger partial charge in [-0.25, -0.2) is 0 Å². The normalized spacial score (nSPS) is 11.7. The number of hydrogen-bond acceptors (Lipinski definition) is 6. The number of nitrogens with one attached hydrogen (secondary N) is 1. The summed E-state index contributed by atoms with van der Waals surface area (Å²) in [6.07, 6.45) is 0.629. The number of rotatable bonds is 6. The van der Waals surface area contributed by atoms with Crippen LogP contribution in [0.1, 0.15) is 11.1 Å². The van der Waals surface area contributed by atoms with Crippen LogP contribution in [0.4, 0.5) is 10.8 Å². The van der Waals surface area contributed by atoms with Crippen molar-refractivity contribution in [3.05, 3.63) is 72.3 Å². The number of ether oxygens (including phenoxy) is 1. The quantitative estimate of drug-likeness (QED) is 0.662. The molecule has 1 unspecified atom stereocenters. The topological polar surface area (TPSA) is 67.3 Å². The van der Waals surface area contributed by atoms with Crippen molar-refractivity contribution in [2.24, 2.45) is 0 Å². The third kappa shape index (κ3) is 3.94. The SMILES string of the molecule is C=CC(O)c1nnc(Nc2ccc(Oc3ccccc3)cc2)s1. The first-order chi connectivity index (χ1) is 11.2. The van der Waals surface area contributed by atoms with E-state index in [0.29, 0.717) is 10.1 Å². The van der Waals surface area contributed by atoms with Crippen LogP contribution in [0, 0.1) is 0 Å². The molecule has 0 saturated heterocycles. The number of nitrogens with zero attached hydrogens (tertiary/aromatic N) is 2. The van der Waals surface area contributed by atoms with E-state index >= 15 is 0 Å². The smallest absolute Gasteiger partial charge is 0.210 e. The second-order valence-corrected chi connectivity index (χ2v) is 5.70. The molecule has 0 aliphatic carbocycles. The second-order valence-electron chi connectivity index (χ2n) is 4.69. The molecule has 0 spiro atoms. The first-order valence-corrected chi connectivity index (χ1v) is 7.80. The van der Waals surface area contributed by atoms with Crippen molar-refractivity contribution in [3.8, 4) is 11.5 Å². The van der Waals surface area contributed by atoms with E-state index in [4.69, 9.17) is 4.74 Å². The molecule has 0 aliphatic rings. The van der Waals surface area contributed by atoms with Crippen LogP contribution in [0.3, 0.4) is 0 Å². The summed E-state index contributed by atoms with van der Waals surface area (Å²) in [6.45, 7) is 3.53. The molecule has 1 atom stereocenters. The molecule has 0 saturated carbocycles. The first-order valence-electron chi connectivity index (χ1n) is 6.98. The largest absolute Gasteiger partial charge is 0.457 e. The molecule has 116 valence electrons. The molecule has 0 bridgehead atoms. The molecule has 0 fully saturated rings. The van der Waals surface area contributed by atoms with Gasteiger partial charge in [0.25, 0.3) is 0 Å². The van der Waals surface area contributed by atoms with Crippen molar-refractivity contribution in [2.75, 3.05) is 5.32 Å². The summed E-state index contributed by atoms with van der Waals surface area (Å²) in [5.74, 6) is 1.54. The molecule has 3 aromatic rings. The molecule has 0 amide bonds. The van der Waals surface area contributed by atoms with E-state index in [2.05, 4.69) is 22.1 Å². The number of anilines is 2. The van der Waals surface area contributed by atoms with Gasteiger partial charge in [-0.3, -0.25) is 0 Å². The zero-order valence-electron chi connectivity index (χ0n) is 12.2. The summed E-state index contributed by atoms with van der Waals surface area (Å²) in [5, 5.41) is 21.8. The average Bonchev–Trinajstić information content (AvgIpc) is 3.05. The Morgan fingerprint density at radius 2 is 1.74 bits per heavy atom. The molecule has 0 radical (unpaired) electrons. The highest BCUT2D eigenvalue weighted by Gasteiger charge is 2.10. The average molecular weight is 325 g/mol. The number of aromatic nitrogens is 2. The summed E-state index contributed by atoms with van der Waals surface area (Å²) in [6, 6.07) is 17.1. The lowest BCUT2D eigenvalue weighted by molar-refractivity contribution is 0.227. The van der Waals surface area contributed by atoms with Gasteiger partial charge in [-0.15, -0.1) is 16.8 Å². The van der Waals surface area contributed by atoms with Gasteiger partial charge in [0, 0.05) is 5.69 Å². The van der Waals surface area contributed by atoms with Gasteiger partial charge >= 0.3 is 0 Å². The predicted octanol–water partition coefficient (Wildman–Crippen LogP) is 4.29. The van der Waals surface area contributed by atoms with Gasteiger partial charge in [0.1, 0.15) is 17.6 Å². The highest BCUT2D eigenvalue weighted by atomic mass is 32.1. The molecule has 3 rings (SSSR count). The lowest BCUT2D eigenvalue weighted by atomic mass is 10.3. The number of aliphatic hydroxyl groups excluding tert-OH is 1. The van der Waals surface area contributed by atoms with E-state index in [1.807, 2.05) is 54.6 Å². The fraction of sp³-hybridized carbons (Fsp3) is 0.0588. The highest BCUT2D eigenvalue weighted by Crippen LogP contribution is 2.27. The maximum absolute atomic E-state index is 9.63. The van der Waals surface area contributed by atoms with Crippen molar-refractivity contribution in [1.82, 2.24) is 10.2 Å². The van der Waals surface area contributed by atoms with Gasteiger partial charge in [-0.2, -0.15) is 0 Å². The minimum atomic E-state index is -0.787. The molecule has 5 nitrogen and oxygen atoms in total. The standard InChI is InChI=1S/C17H15N3O2S/c1-2-15(21)16-19-20-17(23-16)18-12-8-10-14(11-9-12)22-13-6-4-3-5-7-13/h2-11,15,21H,1H2,(H,18,20). The Hall–Kier alpha value is -2.70. The van der Waals surface area contributed by atoms with Crippen LogP contribution in [-0.4, -0.2) is 15.3 Å². The maximum atomic E-state index is 9.63. The van der Waals surface area contributed by atoms with E-state index in [1.165, 1.54) is 17.4 Å². The minimum Gasteiger partial charge on any atom is -0.457 e. The monoisotopic (exact) mass is 325 g/mol.